The Kier molecular flexibility index (Phi) is 2.71. The molecular weight excluding hydrogens is 260 g/mol. The van der Waals surface area contributed by atoms with Crippen LogP contribution in [0, 0.1) is 0 Å². The second-order valence-corrected chi connectivity index (χ2v) is 6.39. The van der Waals surface area contributed by atoms with Crippen molar-refractivity contribution in [1.29, 1.82) is 0 Å². The highest BCUT2D eigenvalue weighted by atomic mass is 32.2. The van der Waals surface area contributed by atoms with Gasteiger partial charge in [0, 0.05) is 12.2 Å². The van der Waals surface area contributed by atoms with Crippen LogP contribution in [0.15, 0.2) is 53.4 Å². The van der Waals surface area contributed by atoms with Gasteiger partial charge in [-0.05, 0) is 36.2 Å². The molecule has 3 rings (SSSR count). The van der Waals surface area contributed by atoms with Gasteiger partial charge in [-0.2, -0.15) is 0 Å². The molecule has 0 fully saturated rings. The predicted molar refractivity (Wildman–Crippen MR) is 75.5 cm³/mol. The Morgan fingerprint density at radius 1 is 1.05 bits per heavy atom. The van der Waals surface area contributed by atoms with Gasteiger partial charge in [-0.1, -0.05) is 24.3 Å². The summed E-state index contributed by atoms with van der Waals surface area (Å²) in [5, 5.41) is 0. The molecule has 0 amide bonds. The minimum Gasteiger partial charge on any atom is -0.399 e. The molecule has 98 valence electrons. The van der Waals surface area contributed by atoms with Gasteiger partial charge in [-0.3, -0.25) is 4.31 Å². The normalized spacial score (nSPS) is 14.4. The van der Waals surface area contributed by atoms with E-state index in [0.717, 1.165) is 12.0 Å². The van der Waals surface area contributed by atoms with Gasteiger partial charge in [-0.15, -0.1) is 0 Å². The van der Waals surface area contributed by atoms with E-state index in [4.69, 9.17) is 5.73 Å². The van der Waals surface area contributed by atoms with Gasteiger partial charge in [0.15, 0.2) is 0 Å². The summed E-state index contributed by atoms with van der Waals surface area (Å²) in [5.41, 5.74) is 8.05. The van der Waals surface area contributed by atoms with Gasteiger partial charge in [0.25, 0.3) is 10.0 Å². The zero-order valence-corrected chi connectivity index (χ0v) is 11.1. The highest BCUT2D eigenvalue weighted by Gasteiger charge is 2.30. The number of hydrogen-bond acceptors (Lipinski definition) is 3. The maximum atomic E-state index is 12.6. The average molecular weight is 274 g/mol. The van der Waals surface area contributed by atoms with Crippen LogP contribution >= 0.6 is 0 Å². The number of nitrogens with zero attached hydrogens (tertiary/aromatic N) is 1. The van der Waals surface area contributed by atoms with Crippen LogP contribution in [0.2, 0.25) is 0 Å². The minimum atomic E-state index is -3.49. The number of anilines is 2. The maximum Gasteiger partial charge on any atom is 0.264 e. The van der Waals surface area contributed by atoms with Gasteiger partial charge in [0.05, 0.1) is 10.6 Å². The largest absolute Gasteiger partial charge is 0.399 e. The molecule has 0 saturated carbocycles. The van der Waals surface area contributed by atoms with Crippen LogP contribution in [0.25, 0.3) is 0 Å². The van der Waals surface area contributed by atoms with Crippen molar-refractivity contribution in [3.05, 3.63) is 54.1 Å². The first-order chi connectivity index (χ1) is 9.09. The predicted octanol–water partition coefficient (Wildman–Crippen LogP) is 2.02. The topological polar surface area (TPSA) is 63.4 Å². The molecule has 0 spiro atoms. The Balaban J connectivity index is 2.09. The second-order valence-electron chi connectivity index (χ2n) is 4.53. The van der Waals surface area contributed by atoms with Crippen LogP contribution < -0.4 is 10.0 Å². The maximum absolute atomic E-state index is 12.6. The van der Waals surface area contributed by atoms with Crippen molar-refractivity contribution in [3.8, 4) is 0 Å². The Labute approximate surface area is 112 Å². The first-order valence-electron chi connectivity index (χ1n) is 6.05. The highest BCUT2D eigenvalue weighted by Crippen LogP contribution is 2.34. The molecule has 0 unspecified atom stereocenters. The van der Waals surface area contributed by atoms with Crippen molar-refractivity contribution in [3.63, 3.8) is 0 Å². The fourth-order valence-corrected chi connectivity index (χ4v) is 3.85. The lowest BCUT2D eigenvalue weighted by Gasteiger charge is -2.19. The number of nitrogens with two attached hydrogens (primary N) is 1. The average Bonchev–Trinajstić information content (AvgIpc) is 2.83. The molecule has 2 aromatic rings. The van der Waals surface area contributed by atoms with Gasteiger partial charge in [0.1, 0.15) is 0 Å². The second kappa shape index (κ2) is 4.28. The van der Waals surface area contributed by atoms with Crippen LogP contribution in [0.1, 0.15) is 5.56 Å². The summed E-state index contributed by atoms with van der Waals surface area (Å²) >= 11 is 0. The summed E-state index contributed by atoms with van der Waals surface area (Å²) < 4.78 is 26.6. The Bertz CT molecular complexity index is 711. The minimum absolute atomic E-state index is 0.310. The summed E-state index contributed by atoms with van der Waals surface area (Å²) in [7, 11) is -3.49. The Morgan fingerprint density at radius 2 is 1.79 bits per heavy atom. The van der Waals surface area contributed by atoms with Gasteiger partial charge < -0.3 is 5.73 Å². The molecule has 0 aromatic heterocycles. The van der Waals surface area contributed by atoms with E-state index in [0.29, 0.717) is 22.8 Å². The van der Waals surface area contributed by atoms with E-state index in [1.807, 2.05) is 6.07 Å². The molecular formula is C14H14N2O2S. The molecule has 0 atom stereocenters. The number of fused-ring (bicyclic) bond motifs is 1. The smallest absolute Gasteiger partial charge is 0.264 e. The molecule has 0 saturated heterocycles. The van der Waals surface area contributed by atoms with Crippen molar-refractivity contribution in [1.82, 2.24) is 0 Å². The number of rotatable bonds is 2. The summed E-state index contributed by atoms with van der Waals surface area (Å²) in [6.07, 6.45) is 0.724. The van der Waals surface area contributed by atoms with Crippen LogP contribution in [0.4, 0.5) is 11.4 Å². The van der Waals surface area contributed by atoms with Crippen molar-refractivity contribution < 1.29 is 8.42 Å². The summed E-state index contributed by atoms with van der Waals surface area (Å²) in [6, 6.07) is 13.9. The molecule has 2 N–H and O–H groups in total. The van der Waals surface area contributed by atoms with E-state index in [1.165, 1.54) is 4.31 Å². The van der Waals surface area contributed by atoms with E-state index in [9.17, 15) is 8.42 Å². The summed E-state index contributed by atoms with van der Waals surface area (Å²) in [4.78, 5) is 0.310. The van der Waals surface area contributed by atoms with E-state index in [-0.39, 0.29) is 0 Å². The van der Waals surface area contributed by atoms with Crippen molar-refractivity contribution in [2.24, 2.45) is 0 Å². The molecule has 1 aliphatic heterocycles. The fourth-order valence-electron chi connectivity index (χ4n) is 2.34. The number of nitrogen functional groups attached to an aromatic ring is 1. The lowest BCUT2D eigenvalue weighted by molar-refractivity contribution is 0.592. The lowest BCUT2D eigenvalue weighted by Crippen LogP contribution is -2.29. The fraction of sp³-hybridized carbons (Fsp3) is 0.143. The first-order valence-corrected chi connectivity index (χ1v) is 7.49. The van der Waals surface area contributed by atoms with Crippen LogP contribution in [0.5, 0.6) is 0 Å². The van der Waals surface area contributed by atoms with Gasteiger partial charge in [0.2, 0.25) is 0 Å². The lowest BCUT2D eigenvalue weighted by atomic mass is 10.1. The molecule has 5 heteroatoms. The van der Waals surface area contributed by atoms with Crippen molar-refractivity contribution in [2.45, 2.75) is 11.3 Å². The zero-order chi connectivity index (χ0) is 13.5. The third-order valence-corrected chi connectivity index (χ3v) is 5.12. The highest BCUT2D eigenvalue weighted by molar-refractivity contribution is 7.92. The molecule has 4 nitrogen and oxygen atoms in total. The first kappa shape index (κ1) is 12.0. The molecule has 0 aliphatic carbocycles. The van der Waals surface area contributed by atoms with Crippen molar-refractivity contribution in [2.75, 3.05) is 16.6 Å². The quantitative estimate of drug-likeness (QED) is 0.852. The monoisotopic (exact) mass is 274 g/mol. The number of hydrogen-bond donors (Lipinski definition) is 1. The molecule has 0 bridgehead atoms. The standard InChI is InChI=1S/C14H14N2O2S/c15-12-7-6-11-8-9-16(14(11)10-12)19(17,18)13-4-2-1-3-5-13/h1-7,10H,8-9,15H2. The van der Waals surface area contributed by atoms with Crippen LogP contribution in [-0.4, -0.2) is 15.0 Å². The van der Waals surface area contributed by atoms with Crippen molar-refractivity contribution >= 4 is 21.4 Å². The third kappa shape index (κ3) is 1.96. The van der Waals surface area contributed by atoms with E-state index in [2.05, 4.69) is 0 Å². The number of benzene rings is 2. The molecule has 19 heavy (non-hydrogen) atoms. The molecule has 1 heterocycles. The number of sulfonamides is 1. The Morgan fingerprint density at radius 3 is 2.53 bits per heavy atom. The van der Waals surface area contributed by atoms with Crippen LogP contribution in [0.3, 0.4) is 0 Å². The molecule has 2 aromatic carbocycles. The Hall–Kier alpha value is -2.01. The third-order valence-electron chi connectivity index (χ3n) is 3.29. The van der Waals surface area contributed by atoms with Gasteiger partial charge >= 0.3 is 0 Å². The summed E-state index contributed by atoms with van der Waals surface area (Å²) in [6.45, 7) is 0.468. The van der Waals surface area contributed by atoms with E-state index in [1.54, 1.807) is 42.5 Å². The van der Waals surface area contributed by atoms with Crippen LogP contribution in [-0.2, 0) is 16.4 Å². The zero-order valence-electron chi connectivity index (χ0n) is 10.3. The SMILES string of the molecule is Nc1ccc2c(c1)N(S(=O)(=O)c1ccccc1)CC2. The summed E-state index contributed by atoms with van der Waals surface area (Å²) in [5.74, 6) is 0. The van der Waals surface area contributed by atoms with E-state index < -0.39 is 10.0 Å². The molecule has 0 radical (unpaired) electrons. The van der Waals surface area contributed by atoms with E-state index >= 15 is 0 Å². The van der Waals surface area contributed by atoms with Gasteiger partial charge in [-0.25, -0.2) is 8.42 Å². The molecule has 1 aliphatic rings.